The average Bonchev–Trinajstić information content (AvgIpc) is 2.56. The lowest BCUT2D eigenvalue weighted by Gasteiger charge is -2.33. The van der Waals surface area contributed by atoms with Crippen LogP contribution in [0.15, 0.2) is 0 Å². The van der Waals surface area contributed by atoms with Gasteiger partial charge in [-0.05, 0) is 7.05 Å². The minimum Gasteiger partial charge on any atom is -0.480 e. The Balaban J connectivity index is 2.84. The maximum atomic E-state index is 12.5. The van der Waals surface area contributed by atoms with Crippen LogP contribution in [-0.2, 0) is 14.4 Å². The highest BCUT2D eigenvalue weighted by Crippen LogP contribution is 2.15. The van der Waals surface area contributed by atoms with Gasteiger partial charge in [0.25, 0.3) is 0 Å². The first kappa shape index (κ1) is 24.5. The molecule has 1 aliphatic rings. The Hall–Kier alpha value is -1.55. The first-order valence-electron chi connectivity index (χ1n) is 9.86. The number of nitrogens with zero attached hydrogens (tertiary/aromatic N) is 4. The molecule has 1 heterocycles. The van der Waals surface area contributed by atoms with Gasteiger partial charge in [0.05, 0.1) is 19.6 Å². The van der Waals surface area contributed by atoms with Crippen molar-refractivity contribution in [1.82, 2.24) is 19.6 Å². The Morgan fingerprint density at radius 1 is 0.786 bits per heavy atom. The van der Waals surface area contributed by atoms with Crippen LogP contribution >= 0.6 is 0 Å². The monoisotopic (exact) mass is 399 g/mol. The van der Waals surface area contributed by atoms with E-state index in [1.54, 1.807) is 0 Å². The molecule has 0 saturated carbocycles. The third-order valence-electron chi connectivity index (χ3n) is 5.00. The number of rotatable bonds is 6. The summed E-state index contributed by atoms with van der Waals surface area (Å²) in [5.74, 6) is -1.09. The predicted molar refractivity (Wildman–Crippen MR) is 108 cm³/mol. The Morgan fingerprint density at radius 2 is 1.18 bits per heavy atom. The van der Waals surface area contributed by atoms with Crippen LogP contribution < -0.4 is 5.73 Å². The molecule has 0 atom stereocenters. The highest BCUT2D eigenvalue weighted by atomic mass is 16.4. The van der Waals surface area contributed by atoms with Crippen molar-refractivity contribution in [1.29, 1.82) is 0 Å². The standard InChI is InChI=1S/C19H37N5O4/c1-19(2,3)16(25)13-22-7-5-21(4)6-8-23(14-17(20)26)10-12-24(11-9-22)15-18(27)28/h5-15H2,1-4H3,(H2,20,26)(H,27,28). The molecule has 1 fully saturated rings. The van der Waals surface area contributed by atoms with Gasteiger partial charge in [0.2, 0.25) is 5.91 Å². The van der Waals surface area contributed by atoms with Crippen molar-refractivity contribution >= 4 is 17.7 Å². The number of carbonyl (C=O) groups excluding carboxylic acids is 2. The van der Waals surface area contributed by atoms with Crippen LogP contribution in [0.4, 0.5) is 0 Å². The molecule has 0 aliphatic carbocycles. The van der Waals surface area contributed by atoms with Crippen LogP contribution in [0, 0.1) is 5.41 Å². The van der Waals surface area contributed by atoms with Gasteiger partial charge in [-0.3, -0.25) is 29.1 Å². The minimum atomic E-state index is -0.884. The zero-order valence-electron chi connectivity index (χ0n) is 17.8. The van der Waals surface area contributed by atoms with Crippen LogP contribution in [0.5, 0.6) is 0 Å². The van der Waals surface area contributed by atoms with Crippen molar-refractivity contribution in [3.05, 3.63) is 0 Å². The highest BCUT2D eigenvalue weighted by Gasteiger charge is 2.24. The summed E-state index contributed by atoms with van der Waals surface area (Å²) in [6.07, 6.45) is 0. The molecule has 0 aromatic carbocycles. The fourth-order valence-corrected chi connectivity index (χ4v) is 2.96. The van der Waals surface area contributed by atoms with Crippen molar-refractivity contribution in [2.45, 2.75) is 20.8 Å². The molecule has 0 unspecified atom stereocenters. The van der Waals surface area contributed by atoms with Gasteiger partial charge >= 0.3 is 5.97 Å². The van der Waals surface area contributed by atoms with E-state index in [4.69, 9.17) is 5.73 Å². The van der Waals surface area contributed by atoms with Crippen molar-refractivity contribution in [3.8, 4) is 0 Å². The molecule has 0 bridgehead atoms. The number of amides is 1. The summed E-state index contributed by atoms with van der Waals surface area (Å²) in [4.78, 5) is 43.2. The number of ketones is 1. The zero-order chi connectivity index (χ0) is 21.3. The third-order valence-corrected chi connectivity index (χ3v) is 5.00. The highest BCUT2D eigenvalue weighted by molar-refractivity contribution is 5.85. The number of carbonyl (C=O) groups is 3. The summed E-state index contributed by atoms with van der Waals surface area (Å²) < 4.78 is 0. The van der Waals surface area contributed by atoms with E-state index in [9.17, 15) is 19.5 Å². The maximum absolute atomic E-state index is 12.5. The maximum Gasteiger partial charge on any atom is 0.317 e. The molecule has 9 heteroatoms. The van der Waals surface area contributed by atoms with Crippen molar-refractivity contribution in [2.75, 3.05) is 79.0 Å². The number of hydrogen-bond donors (Lipinski definition) is 2. The topological polar surface area (TPSA) is 110 Å². The van der Waals surface area contributed by atoms with Gasteiger partial charge in [0, 0.05) is 57.8 Å². The van der Waals surface area contributed by atoms with Gasteiger partial charge in [0.1, 0.15) is 0 Å². The van der Waals surface area contributed by atoms with E-state index in [-0.39, 0.29) is 24.8 Å². The lowest BCUT2D eigenvalue weighted by molar-refractivity contribution is -0.138. The van der Waals surface area contributed by atoms with Crippen molar-refractivity contribution in [3.63, 3.8) is 0 Å². The number of carboxylic acid groups (broad SMARTS) is 1. The number of primary amides is 1. The number of Topliss-reactive ketones (excluding diaryl/α,β-unsaturated/α-hetero) is 1. The summed E-state index contributed by atoms with van der Waals surface area (Å²) in [5, 5.41) is 9.21. The van der Waals surface area contributed by atoms with Gasteiger partial charge < -0.3 is 15.7 Å². The molecule has 0 radical (unpaired) electrons. The largest absolute Gasteiger partial charge is 0.480 e. The molecule has 28 heavy (non-hydrogen) atoms. The molecule has 1 rings (SSSR count). The van der Waals surface area contributed by atoms with E-state index in [2.05, 4.69) is 9.80 Å². The number of nitrogens with two attached hydrogens (primary N) is 1. The molecule has 1 saturated heterocycles. The summed E-state index contributed by atoms with van der Waals surface area (Å²) in [6.45, 7) is 11.5. The van der Waals surface area contributed by atoms with Gasteiger partial charge in [-0.15, -0.1) is 0 Å². The lowest BCUT2D eigenvalue weighted by Crippen LogP contribution is -2.48. The molecule has 1 amide bonds. The zero-order valence-corrected chi connectivity index (χ0v) is 17.8. The summed E-state index contributed by atoms with van der Waals surface area (Å²) >= 11 is 0. The fourth-order valence-electron chi connectivity index (χ4n) is 2.96. The Bertz CT molecular complexity index is 535. The Kier molecular flexibility index (Phi) is 10.0. The van der Waals surface area contributed by atoms with Gasteiger partial charge in [-0.1, -0.05) is 20.8 Å². The average molecular weight is 400 g/mol. The SMILES string of the molecule is CN1CCN(CC(N)=O)CCN(CC(=O)O)CCN(CC(=O)C(C)(C)C)CC1. The van der Waals surface area contributed by atoms with Crippen molar-refractivity contribution in [2.24, 2.45) is 11.1 Å². The minimum absolute atomic E-state index is 0.0641. The predicted octanol–water partition coefficient (Wildman–Crippen LogP) is -0.977. The third kappa shape index (κ3) is 10.1. The number of likely N-dealkylation sites (N-methyl/N-ethyl adjacent to an activating group) is 1. The second kappa shape index (κ2) is 11.5. The molecule has 3 N–H and O–H groups in total. The first-order valence-corrected chi connectivity index (χ1v) is 9.86. The quantitative estimate of drug-likeness (QED) is 0.587. The van der Waals surface area contributed by atoms with Gasteiger partial charge in [-0.25, -0.2) is 0 Å². The van der Waals surface area contributed by atoms with E-state index in [0.29, 0.717) is 39.3 Å². The second-order valence-electron chi connectivity index (χ2n) is 8.66. The summed E-state index contributed by atoms with van der Waals surface area (Å²) in [7, 11) is 2.02. The lowest BCUT2D eigenvalue weighted by atomic mass is 9.90. The van der Waals surface area contributed by atoms with Crippen LogP contribution in [0.2, 0.25) is 0 Å². The van der Waals surface area contributed by atoms with Crippen LogP contribution in [0.25, 0.3) is 0 Å². The van der Waals surface area contributed by atoms with Crippen LogP contribution in [0.3, 0.4) is 0 Å². The van der Waals surface area contributed by atoms with Gasteiger partial charge in [-0.2, -0.15) is 0 Å². The van der Waals surface area contributed by atoms with Crippen LogP contribution in [0.1, 0.15) is 20.8 Å². The molecular formula is C19H37N5O4. The molecular weight excluding hydrogens is 362 g/mol. The molecule has 0 spiro atoms. The first-order chi connectivity index (χ1) is 13.0. The van der Waals surface area contributed by atoms with E-state index in [0.717, 1.165) is 19.6 Å². The summed E-state index contributed by atoms with van der Waals surface area (Å²) in [5.41, 5.74) is 4.95. The number of carboxylic acids is 1. The van der Waals surface area contributed by atoms with E-state index in [1.807, 2.05) is 37.6 Å². The molecule has 162 valence electrons. The fraction of sp³-hybridized carbons (Fsp3) is 0.842. The smallest absolute Gasteiger partial charge is 0.317 e. The number of hydrogen-bond acceptors (Lipinski definition) is 7. The Morgan fingerprint density at radius 3 is 1.57 bits per heavy atom. The van der Waals surface area contributed by atoms with Crippen LogP contribution in [-0.4, -0.2) is 121 Å². The van der Waals surface area contributed by atoms with E-state index in [1.165, 1.54) is 0 Å². The molecule has 1 aliphatic heterocycles. The van der Waals surface area contributed by atoms with E-state index < -0.39 is 11.4 Å². The molecule has 0 aromatic heterocycles. The summed E-state index contributed by atoms with van der Waals surface area (Å²) in [6, 6.07) is 0. The van der Waals surface area contributed by atoms with E-state index >= 15 is 0 Å². The van der Waals surface area contributed by atoms with Crippen molar-refractivity contribution < 1.29 is 19.5 Å². The van der Waals surface area contributed by atoms with Gasteiger partial charge in [0.15, 0.2) is 5.78 Å². The Labute approximate surface area is 168 Å². The molecule has 0 aromatic rings. The second-order valence-corrected chi connectivity index (χ2v) is 8.66. The normalized spacial score (nSPS) is 20.3. The number of aliphatic carboxylic acids is 1. The molecule has 9 nitrogen and oxygen atoms in total.